The van der Waals surface area contributed by atoms with Crippen molar-refractivity contribution in [2.24, 2.45) is 0 Å². The number of hydrogen-bond donors (Lipinski definition) is 2. The molecule has 2 N–H and O–H groups in total. The second kappa shape index (κ2) is 9.55. The van der Waals surface area contributed by atoms with Crippen molar-refractivity contribution in [2.45, 2.75) is 20.3 Å². The Morgan fingerprint density at radius 3 is 2.71 bits per heavy atom. The smallest absolute Gasteiger partial charge is 0.319 e. The Kier molecular flexibility index (Phi) is 6.63. The molecule has 1 aromatic heterocycles. The number of nitrogens with one attached hydrogen (secondary N) is 2. The fraction of sp³-hybridized carbons (Fsp3) is 0.217. The third-order valence-corrected chi connectivity index (χ3v) is 4.35. The third kappa shape index (κ3) is 5.58. The Morgan fingerprint density at radius 1 is 1.04 bits per heavy atom. The minimum atomic E-state index is -0.220. The molecule has 0 atom stereocenters. The highest BCUT2D eigenvalue weighted by Gasteiger charge is 2.06. The highest BCUT2D eigenvalue weighted by atomic mass is 16.5. The van der Waals surface area contributed by atoms with Crippen LogP contribution in [0.5, 0.6) is 5.75 Å². The van der Waals surface area contributed by atoms with Gasteiger partial charge in [-0.05, 0) is 61.2 Å². The lowest BCUT2D eigenvalue weighted by molar-refractivity contribution is 0.250. The highest BCUT2D eigenvalue weighted by Crippen LogP contribution is 2.24. The standard InChI is InChI=1S/C23H25N3O2/c1-17-6-3-8-21(14-17)28-13-5-12-25-23(27)26-22-15-19(10-9-18(22)2)20-7-4-11-24-16-20/h3-4,6-11,14-16H,5,12-13H2,1-2H3,(H2,25,26,27). The van der Waals surface area contributed by atoms with Gasteiger partial charge in [-0.25, -0.2) is 4.79 Å². The molecule has 5 heteroatoms. The second-order valence-corrected chi connectivity index (χ2v) is 6.67. The van der Waals surface area contributed by atoms with Gasteiger partial charge in [0.25, 0.3) is 0 Å². The van der Waals surface area contributed by atoms with Crippen molar-refractivity contribution in [1.29, 1.82) is 0 Å². The van der Waals surface area contributed by atoms with Gasteiger partial charge in [-0.3, -0.25) is 4.98 Å². The fourth-order valence-corrected chi connectivity index (χ4v) is 2.81. The Bertz CT molecular complexity index is 926. The summed E-state index contributed by atoms with van der Waals surface area (Å²) in [4.78, 5) is 16.4. The Hall–Kier alpha value is -3.34. The first-order valence-electron chi connectivity index (χ1n) is 9.37. The van der Waals surface area contributed by atoms with Gasteiger partial charge in [-0.2, -0.15) is 0 Å². The molecule has 2 aromatic carbocycles. The molecule has 0 unspecified atom stereocenters. The molecule has 0 aliphatic carbocycles. The van der Waals surface area contributed by atoms with Crippen molar-refractivity contribution in [2.75, 3.05) is 18.5 Å². The predicted octanol–water partition coefficient (Wildman–Crippen LogP) is 4.96. The number of carbonyl (C=O) groups is 1. The first kappa shape index (κ1) is 19.4. The van der Waals surface area contributed by atoms with E-state index in [2.05, 4.69) is 15.6 Å². The summed E-state index contributed by atoms with van der Waals surface area (Å²) in [7, 11) is 0. The maximum atomic E-state index is 12.2. The van der Waals surface area contributed by atoms with Crippen LogP contribution in [-0.4, -0.2) is 24.2 Å². The summed E-state index contributed by atoms with van der Waals surface area (Å²) in [6.45, 7) is 5.10. The minimum Gasteiger partial charge on any atom is -0.494 e. The fourth-order valence-electron chi connectivity index (χ4n) is 2.81. The van der Waals surface area contributed by atoms with Gasteiger partial charge in [0.15, 0.2) is 0 Å². The van der Waals surface area contributed by atoms with Gasteiger partial charge in [0.1, 0.15) is 5.75 Å². The average molecular weight is 375 g/mol. The SMILES string of the molecule is Cc1cccc(OCCCNC(=O)Nc2cc(-c3cccnc3)ccc2C)c1. The van der Waals surface area contributed by atoms with Crippen LogP contribution in [0.2, 0.25) is 0 Å². The van der Waals surface area contributed by atoms with Crippen molar-refractivity contribution in [1.82, 2.24) is 10.3 Å². The Balaban J connectivity index is 1.47. The van der Waals surface area contributed by atoms with Crippen LogP contribution in [0.25, 0.3) is 11.1 Å². The van der Waals surface area contributed by atoms with Gasteiger partial charge in [-0.1, -0.05) is 30.3 Å². The minimum absolute atomic E-state index is 0.220. The summed E-state index contributed by atoms with van der Waals surface area (Å²) in [6, 6.07) is 17.6. The van der Waals surface area contributed by atoms with E-state index in [1.54, 1.807) is 6.20 Å². The lowest BCUT2D eigenvalue weighted by atomic mass is 10.0. The van der Waals surface area contributed by atoms with Gasteiger partial charge in [-0.15, -0.1) is 0 Å². The molecule has 0 saturated carbocycles. The molecule has 0 radical (unpaired) electrons. The van der Waals surface area contributed by atoms with Gasteiger partial charge in [0.2, 0.25) is 0 Å². The van der Waals surface area contributed by atoms with Crippen molar-refractivity contribution in [3.05, 3.63) is 78.1 Å². The number of ether oxygens (including phenoxy) is 1. The van der Waals surface area contributed by atoms with E-state index in [-0.39, 0.29) is 6.03 Å². The zero-order valence-corrected chi connectivity index (χ0v) is 16.2. The molecule has 5 nitrogen and oxygen atoms in total. The van der Waals surface area contributed by atoms with E-state index in [0.29, 0.717) is 13.2 Å². The zero-order chi connectivity index (χ0) is 19.8. The molecule has 28 heavy (non-hydrogen) atoms. The van der Waals surface area contributed by atoms with Crippen LogP contribution in [0.1, 0.15) is 17.5 Å². The summed E-state index contributed by atoms with van der Waals surface area (Å²) < 4.78 is 5.69. The normalized spacial score (nSPS) is 10.4. The molecule has 0 saturated heterocycles. The molecule has 3 aromatic rings. The van der Waals surface area contributed by atoms with Crippen LogP contribution in [-0.2, 0) is 0 Å². The third-order valence-electron chi connectivity index (χ3n) is 4.35. The number of amides is 2. The van der Waals surface area contributed by atoms with Crippen LogP contribution >= 0.6 is 0 Å². The molecule has 3 rings (SSSR count). The van der Waals surface area contributed by atoms with Crippen LogP contribution < -0.4 is 15.4 Å². The predicted molar refractivity (Wildman–Crippen MR) is 113 cm³/mol. The molecule has 144 valence electrons. The number of hydrogen-bond acceptors (Lipinski definition) is 3. The number of aromatic nitrogens is 1. The van der Waals surface area contributed by atoms with E-state index in [1.807, 2.05) is 74.6 Å². The molecular weight excluding hydrogens is 350 g/mol. The maximum absolute atomic E-state index is 12.2. The first-order chi connectivity index (χ1) is 13.6. The van der Waals surface area contributed by atoms with Gasteiger partial charge < -0.3 is 15.4 Å². The summed E-state index contributed by atoms with van der Waals surface area (Å²) in [6.07, 6.45) is 4.28. The largest absolute Gasteiger partial charge is 0.494 e. The van der Waals surface area contributed by atoms with Gasteiger partial charge >= 0.3 is 6.03 Å². The van der Waals surface area contributed by atoms with Crippen molar-refractivity contribution in [3.63, 3.8) is 0 Å². The summed E-state index contributed by atoms with van der Waals surface area (Å²) in [5.41, 5.74) is 4.99. The Morgan fingerprint density at radius 2 is 1.93 bits per heavy atom. The van der Waals surface area contributed by atoms with E-state index in [1.165, 1.54) is 5.56 Å². The second-order valence-electron chi connectivity index (χ2n) is 6.67. The number of pyridine rings is 1. The van der Waals surface area contributed by atoms with Crippen LogP contribution in [0.15, 0.2) is 67.0 Å². The van der Waals surface area contributed by atoms with Crippen LogP contribution in [0.3, 0.4) is 0 Å². The molecular formula is C23H25N3O2. The average Bonchev–Trinajstić information content (AvgIpc) is 2.70. The van der Waals surface area contributed by atoms with E-state index in [9.17, 15) is 4.79 Å². The van der Waals surface area contributed by atoms with Crippen LogP contribution in [0.4, 0.5) is 10.5 Å². The molecule has 2 amide bonds. The van der Waals surface area contributed by atoms with Gasteiger partial charge in [0.05, 0.1) is 6.61 Å². The number of urea groups is 1. The number of benzene rings is 2. The molecule has 0 bridgehead atoms. The maximum Gasteiger partial charge on any atom is 0.319 e. The number of carbonyl (C=O) groups excluding carboxylic acids is 1. The molecule has 0 aliphatic rings. The lowest BCUT2D eigenvalue weighted by Gasteiger charge is -2.12. The summed E-state index contributed by atoms with van der Waals surface area (Å²) in [5.74, 6) is 0.854. The van der Waals surface area contributed by atoms with E-state index in [4.69, 9.17) is 4.74 Å². The monoisotopic (exact) mass is 375 g/mol. The molecule has 1 heterocycles. The van der Waals surface area contributed by atoms with Crippen molar-refractivity contribution < 1.29 is 9.53 Å². The number of aryl methyl sites for hydroxylation is 2. The van der Waals surface area contributed by atoms with Crippen LogP contribution in [0, 0.1) is 13.8 Å². The highest BCUT2D eigenvalue weighted by molar-refractivity contribution is 5.91. The molecule has 0 aliphatic heterocycles. The van der Waals surface area contributed by atoms with E-state index < -0.39 is 0 Å². The molecule has 0 fully saturated rings. The van der Waals surface area contributed by atoms with E-state index >= 15 is 0 Å². The summed E-state index contributed by atoms with van der Waals surface area (Å²) in [5, 5.41) is 5.80. The van der Waals surface area contributed by atoms with Crippen molar-refractivity contribution >= 4 is 11.7 Å². The topological polar surface area (TPSA) is 63.2 Å². The number of nitrogens with zero attached hydrogens (tertiary/aromatic N) is 1. The zero-order valence-electron chi connectivity index (χ0n) is 16.2. The van der Waals surface area contributed by atoms with Crippen molar-refractivity contribution in [3.8, 4) is 16.9 Å². The Labute approximate surface area is 165 Å². The number of rotatable bonds is 7. The molecule has 0 spiro atoms. The number of anilines is 1. The lowest BCUT2D eigenvalue weighted by Crippen LogP contribution is -2.30. The quantitative estimate of drug-likeness (QED) is 0.574. The van der Waals surface area contributed by atoms with Gasteiger partial charge in [0, 0.05) is 30.2 Å². The summed E-state index contributed by atoms with van der Waals surface area (Å²) >= 11 is 0. The first-order valence-corrected chi connectivity index (χ1v) is 9.37. The van der Waals surface area contributed by atoms with E-state index in [0.717, 1.165) is 34.5 Å².